The predicted molar refractivity (Wildman–Crippen MR) is 69.1 cm³/mol. The Balaban J connectivity index is -0.00000121. The summed E-state index contributed by atoms with van der Waals surface area (Å²) in [5.41, 5.74) is 4.50. The quantitative estimate of drug-likeness (QED) is 0.252. The third kappa shape index (κ3) is 6.15. The number of aliphatic hydroxyl groups excluding tert-OH is 2. The van der Waals surface area contributed by atoms with E-state index in [1.54, 1.807) is 0 Å². The van der Waals surface area contributed by atoms with Crippen LogP contribution in [0.3, 0.4) is 0 Å². The molecule has 0 spiro atoms. The maximum Gasteiger partial charge on any atom is 1.00 e. The van der Waals surface area contributed by atoms with Gasteiger partial charge in [-0.25, -0.2) is 4.79 Å². The van der Waals surface area contributed by atoms with Gasteiger partial charge in [0.15, 0.2) is 18.9 Å². The molecule has 1 saturated heterocycles. The van der Waals surface area contributed by atoms with Crippen LogP contribution in [-0.4, -0.2) is 54.4 Å². The Kier molecular flexibility index (Phi) is 9.66. The number of aromatic nitrogens is 2. The van der Waals surface area contributed by atoms with Crippen LogP contribution in [0, 0.1) is 0 Å². The third-order valence-electron chi connectivity index (χ3n) is 2.73. The van der Waals surface area contributed by atoms with Gasteiger partial charge in [-0.1, -0.05) is 0 Å². The number of hydrogen-bond donors (Lipinski definition) is 5. The van der Waals surface area contributed by atoms with Crippen molar-refractivity contribution in [3.05, 3.63) is 22.7 Å². The molecular weight excluding hydrogens is 355 g/mol. The van der Waals surface area contributed by atoms with Gasteiger partial charge in [0, 0.05) is 6.20 Å². The summed E-state index contributed by atoms with van der Waals surface area (Å²) in [5.74, 6) is -0.0291. The van der Waals surface area contributed by atoms with E-state index in [4.69, 9.17) is 25.0 Å². The van der Waals surface area contributed by atoms with Crippen molar-refractivity contribution in [1.29, 1.82) is 0 Å². The Bertz CT molecular complexity index is 635. The molecule has 2 rings (SSSR count). The van der Waals surface area contributed by atoms with Crippen LogP contribution in [-0.2, 0) is 14.0 Å². The summed E-state index contributed by atoms with van der Waals surface area (Å²) in [6, 6.07) is 1.29. The molecule has 14 heteroatoms. The van der Waals surface area contributed by atoms with E-state index in [-0.39, 0.29) is 67.8 Å². The molecule has 1 aromatic heterocycles. The molecule has 1 aliphatic heterocycles. The fourth-order valence-corrected chi connectivity index (χ4v) is 2.13. The molecule has 1 aliphatic rings. The largest absolute Gasteiger partial charge is 1.00 e. The van der Waals surface area contributed by atoms with Crippen molar-refractivity contribution in [3.63, 3.8) is 0 Å². The smallest absolute Gasteiger partial charge is 1.00 e. The van der Waals surface area contributed by atoms with Crippen LogP contribution < -0.4 is 70.5 Å². The Morgan fingerprint density at radius 1 is 1.39 bits per heavy atom. The first-order valence-corrected chi connectivity index (χ1v) is 7.51. The zero-order valence-electron chi connectivity index (χ0n) is 14.5. The molecule has 6 N–H and O–H groups in total. The first-order chi connectivity index (χ1) is 9.69. The van der Waals surface area contributed by atoms with Crippen molar-refractivity contribution in [3.8, 4) is 0 Å². The normalized spacial score (nSPS) is 27.1. The number of nitrogens with zero attached hydrogens (tertiary/aromatic N) is 2. The monoisotopic (exact) mass is 371 g/mol. The van der Waals surface area contributed by atoms with Crippen LogP contribution in [0.5, 0.6) is 0 Å². The Morgan fingerprint density at radius 3 is 2.52 bits per heavy atom. The molecule has 122 valence electrons. The maximum absolute atomic E-state index is 11.6. The van der Waals surface area contributed by atoms with Crippen LogP contribution in [0.1, 0.15) is 9.08 Å². The number of aliphatic hydroxyl groups is 2. The van der Waals surface area contributed by atoms with Gasteiger partial charge in [-0.2, -0.15) is 4.98 Å². The zero-order valence-corrected chi connectivity index (χ0v) is 17.4. The molecule has 0 radical (unpaired) electrons. The molecule has 0 amide bonds. The molecule has 1 unspecified atom stereocenters. The number of nitrogen functional groups attached to an aromatic ring is 1. The molecular formula is C9H16N3Na2O8P. The van der Waals surface area contributed by atoms with E-state index in [1.165, 1.54) is 12.3 Å². The predicted octanol–water partition coefficient (Wildman–Crippen LogP) is -8.21. The average molecular weight is 371 g/mol. The van der Waals surface area contributed by atoms with E-state index in [0.29, 0.717) is 0 Å². The zero-order chi connectivity index (χ0) is 15.8. The van der Waals surface area contributed by atoms with Gasteiger partial charge in [-0.15, -0.1) is 0 Å². The van der Waals surface area contributed by atoms with E-state index < -0.39 is 44.4 Å². The van der Waals surface area contributed by atoms with Gasteiger partial charge in [0.2, 0.25) is 0 Å². The standard InChI is InChI=1S/C9H14N3O8P.2Na.2H/c10-4-1-2-12(9(15)11-4)7-5(13)6(14)8(20-7)19-3-21(16,17)18;;;;/h1-2,5-8,13-14H,3H2,(H2,10,11,15)(H2,16,17,18);;;;/q;2*+1;2*-1/t5-,6+,7?,8+;;;;/m1..../s1. The van der Waals surface area contributed by atoms with Crippen molar-refractivity contribution in [2.45, 2.75) is 24.7 Å². The van der Waals surface area contributed by atoms with Crippen molar-refractivity contribution >= 4 is 13.4 Å². The summed E-state index contributed by atoms with van der Waals surface area (Å²) in [5, 5.41) is 19.6. The van der Waals surface area contributed by atoms with Gasteiger partial charge in [0.05, 0.1) is 0 Å². The number of ether oxygens (including phenoxy) is 2. The van der Waals surface area contributed by atoms with Crippen LogP contribution in [0.25, 0.3) is 0 Å². The minimum Gasteiger partial charge on any atom is -1.00 e. The van der Waals surface area contributed by atoms with Crippen molar-refractivity contribution in [1.82, 2.24) is 9.55 Å². The SMILES string of the molecule is Nc1ccn(C2O[C@H](OCP(=O)(O)O)[C@@H](O)[C@H]2O)c(=O)n1.[H-].[H-].[Na+].[Na+]. The number of rotatable bonds is 4. The minimum absolute atomic E-state index is 0. The summed E-state index contributed by atoms with van der Waals surface area (Å²) < 4.78 is 21.4. The van der Waals surface area contributed by atoms with Crippen molar-refractivity contribution in [2.75, 3.05) is 12.1 Å². The van der Waals surface area contributed by atoms with Crippen LogP contribution >= 0.6 is 7.60 Å². The topological polar surface area (TPSA) is 177 Å². The second kappa shape index (κ2) is 9.39. The van der Waals surface area contributed by atoms with Crippen LogP contribution in [0.15, 0.2) is 17.1 Å². The van der Waals surface area contributed by atoms with Crippen molar-refractivity contribution in [2.24, 2.45) is 0 Å². The van der Waals surface area contributed by atoms with Gasteiger partial charge in [-0.05, 0) is 6.07 Å². The van der Waals surface area contributed by atoms with Crippen LogP contribution in [0.2, 0.25) is 0 Å². The molecule has 1 aromatic rings. The fraction of sp³-hybridized carbons (Fsp3) is 0.556. The first-order valence-electron chi connectivity index (χ1n) is 5.71. The Morgan fingerprint density at radius 2 is 2.00 bits per heavy atom. The van der Waals surface area contributed by atoms with Gasteiger partial charge >= 0.3 is 72.4 Å². The second-order valence-electron chi connectivity index (χ2n) is 4.38. The summed E-state index contributed by atoms with van der Waals surface area (Å²) in [6.07, 6.45) is -5.75. The molecule has 2 heterocycles. The first kappa shape index (κ1) is 23.7. The van der Waals surface area contributed by atoms with Gasteiger partial charge in [-0.3, -0.25) is 9.13 Å². The summed E-state index contributed by atoms with van der Waals surface area (Å²) in [4.78, 5) is 32.5. The van der Waals surface area contributed by atoms with Crippen LogP contribution in [0.4, 0.5) is 5.82 Å². The molecule has 11 nitrogen and oxygen atoms in total. The molecule has 0 aliphatic carbocycles. The molecule has 23 heavy (non-hydrogen) atoms. The molecule has 1 fully saturated rings. The van der Waals surface area contributed by atoms with Gasteiger partial charge in [0.1, 0.15) is 18.0 Å². The Labute approximate surface area is 177 Å². The number of anilines is 1. The minimum atomic E-state index is -4.46. The van der Waals surface area contributed by atoms with E-state index in [2.05, 4.69) is 4.98 Å². The number of hydrogen-bond acceptors (Lipinski definition) is 8. The fourth-order valence-electron chi connectivity index (χ4n) is 1.79. The van der Waals surface area contributed by atoms with E-state index >= 15 is 0 Å². The second-order valence-corrected chi connectivity index (χ2v) is 5.97. The molecule has 4 atom stereocenters. The summed E-state index contributed by atoms with van der Waals surface area (Å²) in [7, 11) is -4.46. The van der Waals surface area contributed by atoms with E-state index in [9.17, 15) is 19.6 Å². The average Bonchev–Trinajstić information content (AvgIpc) is 2.64. The maximum atomic E-state index is 11.6. The van der Waals surface area contributed by atoms with E-state index in [0.717, 1.165) is 4.57 Å². The number of nitrogens with two attached hydrogens (primary N) is 1. The molecule has 0 aromatic carbocycles. The van der Waals surface area contributed by atoms with E-state index in [1.807, 2.05) is 0 Å². The third-order valence-corrected chi connectivity index (χ3v) is 3.21. The van der Waals surface area contributed by atoms with Crippen molar-refractivity contribution < 1.29 is 96.0 Å². The van der Waals surface area contributed by atoms with Gasteiger partial charge < -0.3 is 38.1 Å². The van der Waals surface area contributed by atoms with Gasteiger partial charge in [0.25, 0.3) is 0 Å². The molecule has 0 bridgehead atoms. The molecule has 0 saturated carbocycles. The summed E-state index contributed by atoms with van der Waals surface area (Å²) in [6.45, 7) is 0. The Hall–Kier alpha value is 0.670. The summed E-state index contributed by atoms with van der Waals surface area (Å²) >= 11 is 0.